The van der Waals surface area contributed by atoms with Crippen molar-refractivity contribution in [3.8, 4) is 0 Å². The van der Waals surface area contributed by atoms with Gasteiger partial charge in [0, 0.05) is 6.42 Å². The highest BCUT2D eigenvalue weighted by Crippen LogP contribution is 2.36. The quantitative estimate of drug-likeness (QED) is 0.689. The average molecular weight is 202 g/mol. The molecule has 2 aliphatic rings. The molecule has 0 aliphatic carbocycles. The van der Waals surface area contributed by atoms with Crippen LogP contribution in [-0.4, -0.2) is 35.5 Å². The van der Waals surface area contributed by atoms with E-state index in [4.69, 9.17) is 14.2 Å². The molecule has 1 N–H and O–H groups in total. The molecular formula is C10H18O4. The minimum absolute atomic E-state index is 0.0290. The van der Waals surface area contributed by atoms with Gasteiger partial charge < -0.3 is 19.3 Å². The summed E-state index contributed by atoms with van der Waals surface area (Å²) in [6.45, 7) is 5.76. The van der Waals surface area contributed by atoms with Crippen molar-refractivity contribution in [2.75, 3.05) is 0 Å². The molecule has 2 saturated heterocycles. The zero-order chi connectivity index (χ0) is 10.3. The van der Waals surface area contributed by atoms with E-state index < -0.39 is 12.1 Å². The van der Waals surface area contributed by atoms with Crippen LogP contribution < -0.4 is 0 Å². The number of fused-ring (bicyclic) bond motifs is 1. The van der Waals surface area contributed by atoms with E-state index in [1.165, 1.54) is 0 Å². The lowest BCUT2D eigenvalue weighted by Crippen LogP contribution is -2.46. The molecule has 0 aromatic heterocycles. The van der Waals surface area contributed by atoms with Crippen LogP contribution >= 0.6 is 0 Å². The highest BCUT2D eigenvalue weighted by Gasteiger charge is 2.49. The first-order valence-electron chi connectivity index (χ1n) is 5.21. The van der Waals surface area contributed by atoms with E-state index in [-0.39, 0.29) is 18.3 Å². The molecule has 0 saturated carbocycles. The SMILES string of the molecule is CCC1C[C@@H]2OC(C)(C)O[C@@H]2C(O)O1. The summed E-state index contributed by atoms with van der Waals surface area (Å²) in [5.74, 6) is -0.595. The number of hydrogen-bond donors (Lipinski definition) is 1. The molecule has 0 radical (unpaired) electrons. The fourth-order valence-electron chi connectivity index (χ4n) is 2.14. The van der Waals surface area contributed by atoms with E-state index in [1.54, 1.807) is 0 Å². The first kappa shape index (κ1) is 10.4. The molecule has 0 bridgehead atoms. The zero-order valence-corrected chi connectivity index (χ0v) is 8.90. The summed E-state index contributed by atoms with van der Waals surface area (Å²) in [6.07, 6.45) is 0.585. The van der Waals surface area contributed by atoms with Crippen molar-refractivity contribution in [2.24, 2.45) is 0 Å². The number of rotatable bonds is 1. The van der Waals surface area contributed by atoms with Gasteiger partial charge in [-0.2, -0.15) is 0 Å². The second kappa shape index (κ2) is 3.45. The second-order valence-corrected chi connectivity index (χ2v) is 4.43. The molecule has 2 fully saturated rings. The van der Waals surface area contributed by atoms with Crippen LogP contribution in [0.4, 0.5) is 0 Å². The maximum absolute atomic E-state index is 9.69. The normalized spacial score (nSPS) is 46.3. The third kappa shape index (κ3) is 1.80. The lowest BCUT2D eigenvalue weighted by molar-refractivity contribution is -0.229. The molecule has 4 atom stereocenters. The maximum atomic E-state index is 9.69. The molecule has 2 unspecified atom stereocenters. The highest BCUT2D eigenvalue weighted by molar-refractivity contribution is 4.88. The fourth-order valence-corrected chi connectivity index (χ4v) is 2.14. The standard InChI is InChI=1S/C10H18O4/c1-4-6-5-7-8(9(11)12-6)14-10(2,3)13-7/h6-9,11H,4-5H2,1-3H3/t6?,7-,8-,9?/m0/s1. The van der Waals surface area contributed by atoms with Gasteiger partial charge in [0.15, 0.2) is 12.1 Å². The van der Waals surface area contributed by atoms with Gasteiger partial charge in [-0.15, -0.1) is 0 Å². The second-order valence-electron chi connectivity index (χ2n) is 4.43. The summed E-state index contributed by atoms with van der Waals surface area (Å²) in [4.78, 5) is 0. The molecule has 0 aromatic carbocycles. The molecule has 0 amide bonds. The Bertz CT molecular complexity index is 216. The monoisotopic (exact) mass is 202 g/mol. The van der Waals surface area contributed by atoms with Gasteiger partial charge in [-0.25, -0.2) is 0 Å². The first-order valence-corrected chi connectivity index (χ1v) is 5.21. The number of hydrogen-bond acceptors (Lipinski definition) is 4. The molecule has 82 valence electrons. The van der Waals surface area contributed by atoms with E-state index in [1.807, 2.05) is 20.8 Å². The Labute approximate surface area is 84.1 Å². The Hall–Kier alpha value is -0.160. The topological polar surface area (TPSA) is 47.9 Å². The third-order valence-electron chi connectivity index (χ3n) is 2.78. The van der Waals surface area contributed by atoms with E-state index in [2.05, 4.69) is 0 Å². The van der Waals surface area contributed by atoms with Gasteiger partial charge in [-0.1, -0.05) is 6.92 Å². The molecular weight excluding hydrogens is 184 g/mol. The van der Waals surface area contributed by atoms with Crippen LogP contribution in [-0.2, 0) is 14.2 Å². The van der Waals surface area contributed by atoms with Gasteiger partial charge >= 0.3 is 0 Å². The number of aliphatic hydroxyl groups is 1. The Kier molecular flexibility index (Phi) is 2.55. The van der Waals surface area contributed by atoms with Crippen LogP contribution in [0.3, 0.4) is 0 Å². The zero-order valence-electron chi connectivity index (χ0n) is 8.90. The van der Waals surface area contributed by atoms with E-state index in [9.17, 15) is 5.11 Å². The average Bonchev–Trinajstić information content (AvgIpc) is 2.40. The predicted octanol–water partition coefficient (Wildman–Crippen LogP) is 1.02. The van der Waals surface area contributed by atoms with Crippen LogP contribution in [0.5, 0.6) is 0 Å². The lowest BCUT2D eigenvalue weighted by atomic mass is 10.0. The van der Waals surface area contributed by atoms with Crippen LogP contribution in [0.1, 0.15) is 33.6 Å². The maximum Gasteiger partial charge on any atom is 0.184 e. The summed E-state index contributed by atoms with van der Waals surface area (Å²) in [7, 11) is 0. The first-order chi connectivity index (χ1) is 6.52. The smallest absolute Gasteiger partial charge is 0.184 e. The van der Waals surface area contributed by atoms with E-state index >= 15 is 0 Å². The third-order valence-corrected chi connectivity index (χ3v) is 2.78. The van der Waals surface area contributed by atoms with Crippen LogP contribution in [0, 0.1) is 0 Å². The van der Waals surface area contributed by atoms with E-state index in [0.29, 0.717) is 0 Å². The Balaban J connectivity index is 2.06. The molecule has 2 heterocycles. The molecule has 2 aliphatic heterocycles. The van der Waals surface area contributed by atoms with Crippen molar-refractivity contribution in [1.29, 1.82) is 0 Å². The van der Waals surface area contributed by atoms with Gasteiger partial charge in [0.05, 0.1) is 12.2 Å². The predicted molar refractivity (Wildman–Crippen MR) is 49.6 cm³/mol. The molecule has 0 spiro atoms. The summed E-state index contributed by atoms with van der Waals surface area (Å²) in [5, 5.41) is 9.69. The Morgan fingerprint density at radius 2 is 2.07 bits per heavy atom. The van der Waals surface area contributed by atoms with Crippen molar-refractivity contribution >= 4 is 0 Å². The highest BCUT2D eigenvalue weighted by atomic mass is 16.8. The van der Waals surface area contributed by atoms with Gasteiger partial charge in [0.1, 0.15) is 6.10 Å². The fraction of sp³-hybridized carbons (Fsp3) is 1.00. The van der Waals surface area contributed by atoms with Crippen molar-refractivity contribution in [2.45, 2.75) is 64.0 Å². The summed E-state index contributed by atoms with van der Waals surface area (Å²) in [5.41, 5.74) is 0. The van der Waals surface area contributed by atoms with E-state index in [0.717, 1.165) is 12.8 Å². The molecule has 4 heteroatoms. The Morgan fingerprint density at radius 3 is 2.71 bits per heavy atom. The van der Waals surface area contributed by atoms with Gasteiger partial charge in [-0.3, -0.25) is 0 Å². The molecule has 2 rings (SSSR count). The van der Waals surface area contributed by atoms with Crippen molar-refractivity contribution < 1.29 is 19.3 Å². The van der Waals surface area contributed by atoms with Crippen molar-refractivity contribution in [3.05, 3.63) is 0 Å². The minimum atomic E-state index is -0.847. The number of ether oxygens (including phenoxy) is 3. The summed E-state index contributed by atoms with van der Waals surface area (Å²) >= 11 is 0. The van der Waals surface area contributed by atoms with Crippen LogP contribution in [0.2, 0.25) is 0 Å². The number of aliphatic hydroxyl groups excluding tert-OH is 1. The van der Waals surface area contributed by atoms with Gasteiger partial charge in [-0.05, 0) is 20.3 Å². The Morgan fingerprint density at radius 1 is 1.36 bits per heavy atom. The van der Waals surface area contributed by atoms with Gasteiger partial charge in [0.2, 0.25) is 0 Å². The van der Waals surface area contributed by atoms with Crippen LogP contribution in [0.15, 0.2) is 0 Å². The largest absolute Gasteiger partial charge is 0.366 e. The van der Waals surface area contributed by atoms with Crippen LogP contribution in [0.25, 0.3) is 0 Å². The minimum Gasteiger partial charge on any atom is -0.366 e. The molecule has 0 aromatic rings. The lowest BCUT2D eigenvalue weighted by Gasteiger charge is -2.33. The molecule has 4 nitrogen and oxygen atoms in total. The molecule has 14 heavy (non-hydrogen) atoms. The summed E-state index contributed by atoms with van der Waals surface area (Å²) < 4.78 is 16.6. The van der Waals surface area contributed by atoms with Crippen molar-refractivity contribution in [3.63, 3.8) is 0 Å². The summed E-state index contributed by atoms with van der Waals surface area (Å²) in [6, 6.07) is 0. The van der Waals surface area contributed by atoms with Crippen molar-refractivity contribution in [1.82, 2.24) is 0 Å². The van der Waals surface area contributed by atoms with Gasteiger partial charge in [0.25, 0.3) is 0 Å².